The van der Waals surface area contributed by atoms with E-state index in [9.17, 15) is 18.0 Å². The zero-order valence-corrected chi connectivity index (χ0v) is 17.8. The zero-order valence-electron chi connectivity index (χ0n) is 17.0. The molecule has 1 saturated carbocycles. The van der Waals surface area contributed by atoms with E-state index in [2.05, 4.69) is 22.4 Å². The van der Waals surface area contributed by atoms with Crippen LogP contribution in [0.15, 0.2) is 5.10 Å². The predicted molar refractivity (Wildman–Crippen MR) is 107 cm³/mol. The van der Waals surface area contributed by atoms with Crippen molar-refractivity contribution >= 4 is 28.0 Å². The fourth-order valence-electron chi connectivity index (χ4n) is 4.61. The van der Waals surface area contributed by atoms with Crippen molar-refractivity contribution in [1.82, 2.24) is 20.1 Å². The Balaban J connectivity index is 1.55. The maximum absolute atomic E-state index is 12.9. The molecule has 1 aromatic heterocycles. The highest BCUT2D eigenvalue weighted by molar-refractivity contribution is 7.91. The first-order chi connectivity index (χ1) is 13.6. The van der Waals surface area contributed by atoms with Gasteiger partial charge in [-0.1, -0.05) is 6.92 Å². The molecular weight excluding hydrogens is 394 g/mol. The first kappa shape index (κ1) is 20.1. The van der Waals surface area contributed by atoms with E-state index in [0.717, 1.165) is 23.5 Å². The minimum atomic E-state index is -3.02. The smallest absolute Gasteiger partial charge is 0.321 e. The molecule has 0 radical (unpaired) electrons. The molecule has 10 heteroatoms. The van der Waals surface area contributed by atoms with Crippen LogP contribution in [0, 0.1) is 19.8 Å². The van der Waals surface area contributed by atoms with Gasteiger partial charge in [-0.15, -0.1) is 5.01 Å². The highest BCUT2D eigenvalue weighted by Crippen LogP contribution is 2.36. The average molecular weight is 422 g/mol. The molecule has 3 heterocycles. The summed E-state index contributed by atoms with van der Waals surface area (Å²) < 4.78 is 25.3. The molecule has 1 aromatic rings. The van der Waals surface area contributed by atoms with E-state index in [1.165, 1.54) is 6.21 Å². The first-order valence-electron chi connectivity index (χ1n) is 10.1. The SMILES string of the molecule is Cc1nn([C@H]2CCS(=O)(=O)C2)c(C)c1C=NN1C(=O)NC2(CCC(C)CC2)C1=O. The number of carbonyl (C=O) groups excluding carboxylic acids is 2. The molecule has 3 amide bonds. The molecule has 1 spiro atoms. The molecule has 158 valence electrons. The number of urea groups is 1. The van der Waals surface area contributed by atoms with Gasteiger partial charge >= 0.3 is 6.03 Å². The summed E-state index contributed by atoms with van der Waals surface area (Å²) in [5, 5.41) is 12.5. The quantitative estimate of drug-likeness (QED) is 0.589. The van der Waals surface area contributed by atoms with Crippen molar-refractivity contribution in [2.24, 2.45) is 11.0 Å². The largest absolute Gasteiger partial charge is 0.346 e. The van der Waals surface area contributed by atoms with Crippen LogP contribution in [0.2, 0.25) is 0 Å². The lowest BCUT2D eigenvalue weighted by atomic mass is 9.77. The van der Waals surface area contributed by atoms with Crippen LogP contribution in [-0.2, 0) is 14.6 Å². The molecule has 0 bridgehead atoms. The molecule has 3 fully saturated rings. The van der Waals surface area contributed by atoms with Crippen LogP contribution in [0.25, 0.3) is 0 Å². The van der Waals surface area contributed by atoms with Gasteiger partial charge in [-0.05, 0) is 51.9 Å². The third-order valence-electron chi connectivity index (χ3n) is 6.51. The molecule has 1 aliphatic carbocycles. The van der Waals surface area contributed by atoms with Gasteiger partial charge in [-0.2, -0.15) is 10.2 Å². The van der Waals surface area contributed by atoms with Crippen LogP contribution in [-0.4, -0.2) is 58.4 Å². The molecule has 29 heavy (non-hydrogen) atoms. The Bertz CT molecular complexity index is 988. The van der Waals surface area contributed by atoms with E-state index < -0.39 is 21.4 Å². The summed E-state index contributed by atoms with van der Waals surface area (Å²) in [5.74, 6) is 0.510. The third kappa shape index (κ3) is 3.47. The highest BCUT2D eigenvalue weighted by atomic mass is 32.2. The second-order valence-electron chi connectivity index (χ2n) is 8.64. The van der Waals surface area contributed by atoms with Gasteiger partial charge in [-0.3, -0.25) is 9.48 Å². The second-order valence-corrected chi connectivity index (χ2v) is 10.9. The van der Waals surface area contributed by atoms with Crippen LogP contribution in [0.1, 0.15) is 62.0 Å². The van der Waals surface area contributed by atoms with Gasteiger partial charge in [0.2, 0.25) is 0 Å². The number of hydrogen-bond acceptors (Lipinski definition) is 6. The Kier molecular flexibility index (Phi) is 4.79. The molecule has 3 aliphatic rings. The number of nitrogens with zero attached hydrogens (tertiary/aromatic N) is 4. The zero-order chi connectivity index (χ0) is 21.0. The number of hydrogen-bond donors (Lipinski definition) is 1. The number of imide groups is 1. The minimum absolute atomic E-state index is 0.0828. The van der Waals surface area contributed by atoms with E-state index >= 15 is 0 Å². The van der Waals surface area contributed by atoms with E-state index in [1.807, 2.05) is 13.8 Å². The normalized spacial score (nSPS) is 31.9. The Morgan fingerprint density at radius 2 is 1.90 bits per heavy atom. The number of carbonyl (C=O) groups is 2. The van der Waals surface area contributed by atoms with Crippen molar-refractivity contribution in [3.8, 4) is 0 Å². The standard InChI is InChI=1S/C19H27N5O4S/c1-12-4-7-19(8-5-12)17(25)24(18(26)21-19)20-10-16-13(2)22-23(14(16)3)15-6-9-29(27,28)11-15/h10,12,15H,4-9,11H2,1-3H3,(H,21,26)/t12?,15-,19?/m0/s1. The Labute approximate surface area is 170 Å². The van der Waals surface area contributed by atoms with Crippen molar-refractivity contribution in [1.29, 1.82) is 0 Å². The molecular formula is C19H27N5O4S. The number of rotatable bonds is 3. The van der Waals surface area contributed by atoms with Crippen LogP contribution < -0.4 is 5.32 Å². The van der Waals surface area contributed by atoms with Gasteiger partial charge in [0.15, 0.2) is 9.84 Å². The number of hydrazone groups is 1. The van der Waals surface area contributed by atoms with E-state index in [-0.39, 0.29) is 23.5 Å². The predicted octanol–water partition coefficient (Wildman–Crippen LogP) is 1.69. The van der Waals surface area contributed by atoms with E-state index in [4.69, 9.17) is 0 Å². The van der Waals surface area contributed by atoms with Crippen LogP contribution >= 0.6 is 0 Å². The second kappa shape index (κ2) is 6.93. The summed E-state index contributed by atoms with van der Waals surface area (Å²) >= 11 is 0. The van der Waals surface area contributed by atoms with Crippen LogP contribution in [0.4, 0.5) is 4.79 Å². The fraction of sp³-hybridized carbons (Fsp3) is 0.684. The topological polar surface area (TPSA) is 114 Å². The van der Waals surface area contributed by atoms with Gasteiger partial charge < -0.3 is 5.32 Å². The summed E-state index contributed by atoms with van der Waals surface area (Å²) in [5.41, 5.74) is 1.34. The summed E-state index contributed by atoms with van der Waals surface area (Å²) in [7, 11) is -3.02. The summed E-state index contributed by atoms with van der Waals surface area (Å²) in [4.78, 5) is 25.3. The van der Waals surface area contributed by atoms with Crippen molar-refractivity contribution in [3.63, 3.8) is 0 Å². The maximum atomic E-state index is 12.9. The van der Waals surface area contributed by atoms with Crippen LogP contribution in [0.3, 0.4) is 0 Å². The third-order valence-corrected chi connectivity index (χ3v) is 8.26. The van der Waals surface area contributed by atoms with Gasteiger partial charge in [0.25, 0.3) is 5.91 Å². The Morgan fingerprint density at radius 3 is 2.52 bits per heavy atom. The molecule has 0 aromatic carbocycles. The minimum Gasteiger partial charge on any atom is -0.321 e. The van der Waals surface area contributed by atoms with E-state index in [1.54, 1.807) is 4.68 Å². The Morgan fingerprint density at radius 1 is 1.21 bits per heavy atom. The lowest BCUT2D eigenvalue weighted by Gasteiger charge is -2.33. The number of aryl methyl sites for hydroxylation is 1. The summed E-state index contributed by atoms with van der Waals surface area (Å²) in [6.45, 7) is 5.81. The maximum Gasteiger partial charge on any atom is 0.346 e. The van der Waals surface area contributed by atoms with E-state index in [0.29, 0.717) is 36.4 Å². The number of sulfone groups is 1. The van der Waals surface area contributed by atoms with Crippen molar-refractivity contribution in [3.05, 3.63) is 17.0 Å². The Hall–Kier alpha value is -2.23. The van der Waals surface area contributed by atoms with Crippen molar-refractivity contribution in [2.75, 3.05) is 11.5 Å². The van der Waals surface area contributed by atoms with Gasteiger partial charge in [0.1, 0.15) is 5.54 Å². The molecule has 1 N–H and O–H groups in total. The number of nitrogens with one attached hydrogen (secondary N) is 1. The highest BCUT2D eigenvalue weighted by Gasteiger charge is 2.52. The van der Waals surface area contributed by atoms with Crippen molar-refractivity contribution < 1.29 is 18.0 Å². The number of aromatic nitrogens is 2. The van der Waals surface area contributed by atoms with Crippen molar-refractivity contribution in [2.45, 2.75) is 64.5 Å². The van der Waals surface area contributed by atoms with Gasteiger partial charge in [0, 0.05) is 11.3 Å². The summed E-state index contributed by atoms with van der Waals surface area (Å²) in [6.07, 6.45) is 5.10. The monoisotopic (exact) mass is 421 g/mol. The fourth-order valence-corrected chi connectivity index (χ4v) is 6.30. The lowest BCUT2D eigenvalue weighted by Crippen LogP contribution is -2.49. The van der Waals surface area contributed by atoms with Crippen LogP contribution in [0.5, 0.6) is 0 Å². The average Bonchev–Trinajstić information content (AvgIpc) is 3.23. The molecule has 2 aliphatic heterocycles. The van der Waals surface area contributed by atoms with Gasteiger partial charge in [0.05, 0.1) is 29.5 Å². The molecule has 0 unspecified atom stereocenters. The van der Waals surface area contributed by atoms with Gasteiger partial charge in [-0.25, -0.2) is 13.2 Å². The number of amides is 3. The lowest BCUT2D eigenvalue weighted by molar-refractivity contribution is -0.132. The summed E-state index contributed by atoms with van der Waals surface area (Å²) in [6, 6.07) is -0.685. The molecule has 1 atom stereocenters. The molecule has 4 rings (SSSR count). The first-order valence-corrected chi connectivity index (χ1v) is 11.9. The molecule has 9 nitrogen and oxygen atoms in total. The molecule has 2 saturated heterocycles.